The van der Waals surface area contributed by atoms with Crippen molar-refractivity contribution in [2.75, 3.05) is 0 Å². The Bertz CT molecular complexity index is 418. The second-order valence-electron chi connectivity index (χ2n) is 5.08. The molecule has 0 aliphatic rings. The smallest absolute Gasteiger partial charge is 0.248 e. The Morgan fingerprint density at radius 3 is 2.56 bits per heavy atom. The molecule has 0 aromatic heterocycles. The lowest BCUT2D eigenvalue weighted by atomic mass is 10.0. The van der Waals surface area contributed by atoms with E-state index in [2.05, 4.69) is 26.1 Å². The molecule has 100 valence electrons. The van der Waals surface area contributed by atoms with Gasteiger partial charge in [0.2, 0.25) is 5.91 Å². The van der Waals surface area contributed by atoms with Crippen molar-refractivity contribution < 1.29 is 4.79 Å². The zero-order valence-corrected chi connectivity index (χ0v) is 11.9. The molecule has 0 aliphatic carbocycles. The predicted molar refractivity (Wildman–Crippen MR) is 75.7 cm³/mol. The Hall–Kier alpha value is -1.06. The van der Waals surface area contributed by atoms with Crippen LogP contribution in [-0.4, -0.2) is 11.9 Å². The molecule has 0 fully saturated rings. The van der Waals surface area contributed by atoms with Gasteiger partial charge in [-0.3, -0.25) is 4.79 Å². The molecule has 1 atom stereocenters. The maximum absolute atomic E-state index is 11.0. The topological polar surface area (TPSA) is 55.1 Å². The first kappa shape index (κ1) is 15.0. The van der Waals surface area contributed by atoms with Crippen LogP contribution in [0.5, 0.6) is 0 Å². The summed E-state index contributed by atoms with van der Waals surface area (Å²) in [7, 11) is 0. The minimum atomic E-state index is -0.454. The average Bonchev–Trinajstić information content (AvgIpc) is 2.26. The molecule has 0 saturated heterocycles. The van der Waals surface area contributed by atoms with Gasteiger partial charge < -0.3 is 11.1 Å². The van der Waals surface area contributed by atoms with E-state index in [0.717, 1.165) is 12.0 Å². The molecule has 1 rings (SSSR count). The maximum atomic E-state index is 11.0. The van der Waals surface area contributed by atoms with Crippen LogP contribution in [0.3, 0.4) is 0 Å². The number of rotatable bonds is 6. The number of amides is 1. The fraction of sp³-hybridized carbons (Fsp3) is 0.500. The van der Waals surface area contributed by atoms with Crippen LogP contribution in [0.4, 0.5) is 0 Å². The summed E-state index contributed by atoms with van der Waals surface area (Å²) in [4.78, 5) is 11.0. The van der Waals surface area contributed by atoms with Crippen molar-refractivity contribution in [3.63, 3.8) is 0 Å². The molecule has 0 spiro atoms. The van der Waals surface area contributed by atoms with Crippen molar-refractivity contribution in [3.05, 3.63) is 34.3 Å². The van der Waals surface area contributed by atoms with Gasteiger partial charge in [-0.15, -0.1) is 0 Å². The first-order valence-electron chi connectivity index (χ1n) is 6.21. The minimum Gasteiger partial charge on any atom is -0.366 e. The van der Waals surface area contributed by atoms with Gasteiger partial charge in [0.05, 0.1) is 0 Å². The Kier molecular flexibility index (Phi) is 5.63. The van der Waals surface area contributed by atoms with Crippen LogP contribution in [0.1, 0.15) is 43.1 Å². The zero-order chi connectivity index (χ0) is 13.7. The Labute approximate surface area is 114 Å². The van der Waals surface area contributed by atoms with Crippen LogP contribution >= 0.6 is 11.6 Å². The van der Waals surface area contributed by atoms with Gasteiger partial charge in [0.1, 0.15) is 0 Å². The highest BCUT2D eigenvalue weighted by Crippen LogP contribution is 2.18. The van der Waals surface area contributed by atoms with Gasteiger partial charge in [0, 0.05) is 23.2 Å². The van der Waals surface area contributed by atoms with Gasteiger partial charge in [-0.05, 0) is 37.0 Å². The second-order valence-corrected chi connectivity index (χ2v) is 5.49. The highest BCUT2D eigenvalue weighted by Gasteiger charge is 2.08. The van der Waals surface area contributed by atoms with Crippen LogP contribution in [0.2, 0.25) is 5.02 Å². The molecule has 1 aromatic carbocycles. The van der Waals surface area contributed by atoms with Gasteiger partial charge in [-0.1, -0.05) is 31.5 Å². The molecule has 0 bridgehead atoms. The van der Waals surface area contributed by atoms with E-state index in [-0.39, 0.29) is 0 Å². The van der Waals surface area contributed by atoms with E-state index < -0.39 is 5.91 Å². The zero-order valence-electron chi connectivity index (χ0n) is 11.2. The highest BCUT2D eigenvalue weighted by molar-refractivity contribution is 6.31. The summed E-state index contributed by atoms with van der Waals surface area (Å²) in [5, 5.41) is 4.00. The number of benzene rings is 1. The largest absolute Gasteiger partial charge is 0.366 e. The van der Waals surface area contributed by atoms with Crippen LogP contribution in [-0.2, 0) is 6.54 Å². The third-order valence-electron chi connectivity index (χ3n) is 2.80. The standard InChI is InChI=1S/C14H21ClN2O/c1-9(2)6-10(3)17-8-12-5-4-11(14(16)18)7-13(12)15/h4-5,7,9-10,17H,6,8H2,1-3H3,(H2,16,18). The molecular weight excluding hydrogens is 248 g/mol. The number of primary amides is 1. The molecule has 0 heterocycles. The number of hydrogen-bond donors (Lipinski definition) is 2. The normalized spacial score (nSPS) is 12.7. The van der Waals surface area contributed by atoms with E-state index in [9.17, 15) is 4.79 Å². The molecular formula is C14H21ClN2O. The molecule has 0 saturated carbocycles. The Balaban J connectivity index is 2.60. The third-order valence-corrected chi connectivity index (χ3v) is 3.16. The van der Waals surface area contributed by atoms with E-state index in [0.29, 0.717) is 29.1 Å². The molecule has 18 heavy (non-hydrogen) atoms. The van der Waals surface area contributed by atoms with Crippen LogP contribution in [0.15, 0.2) is 18.2 Å². The SMILES string of the molecule is CC(C)CC(C)NCc1ccc(C(N)=O)cc1Cl. The molecule has 3 nitrogen and oxygen atoms in total. The van der Waals surface area contributed by atoms with Crippen molar-refractivity contribution in [1.29, 1.82) is 0 Å². The quantitative estimate of drug-likeness (QED) is 0.833. The van der Waals surface area contributed by atoms with Crippen molar-refractivity contribution in [1.82, 2.24) is 5.32 Å². The maximum Gasteiger partial charge on any atom is 0.248 e. The van der Waals surface area contributed by atoms with E-state index in [1.54, 1.807) is 12.1 Å². The van der Waals surface area contributed by atoms with Gasteiger partial charge in [0.15, 0.2) is 0 Å². The van der Waals surface area contributed by atoms with Gasteiger partial charge in [-0.2, -0.15) is 0 Å². The number of nitrogens with two attached hydrogens (primary N) is 1. The monoisotopic (exact) mass is 268 g/mol. The van der Waals surface area contributed by atoms with E-state index in [1.807, 2.05) is 6.07 Å². The summed E-state index contributed by atoms with van der Waals surface area (Å²) in [5.74, 6) is 0.213. The lowest BCUT2D eigenvalue weighted by Crippen LogP contribution is -2.27. The van der Waals surface area contributed by atoms with Crippen molar-refractivity contribution >= 4 is 17.5 Å². The number of hydrogen-bond acceptors (Lipinski definition) is 2. The van der Waals surface area contributed by atoms with Crippen LogP contribution < -0.4 is 11.1 Å². The molecule has 1 aromatic rings. The average molecular weight is 269 g/mol. The summed E-state index contributed by atoms with van der Waals surface area (Å²) in [6.07, 6.45) is 1.12. The number of nitrogens with one attached hydrogen (secondary N) is 1. The third kappa shape index (κ3) is 4.67. The predicted octanol–water partition coefficient (Wildman–Crippen LogP) is 2.96. The Morgan fingerprint density at radius 2 is 2.06 bits per heavy atom. The highest BCUT2D eigenvalue weighted by atomic mass is 35.5. The second kappa shape index (κ2) is 6.76. The molecule has 3 N–H and O–H groups in total. The lowest BCUT2D eigenvalue weighted by Gasteiger charge is -2.16. The fourth-order valence-corrected chi connectivity index (χ4v) is 2.17. The van der Waals surface area contributed by atoms with Gasteiger partial charge >= 0.3 is 0 Å². The summed E-state index contributed by atoms with van der Waals surface area (Å²) in [5.41, 5.74) is 6.62. The Morgan fingerprint density at radius 1 is 1.39 bits per heavy atom. The fourth-order valence-electron chi connectivity index (χ4n) is 1.92. The molecule has 0 aliphatic heterocycles. The van der Waals surface area contributed by atoms with Crippen LogP contribution in [0, 0.1) is 5.92 Å². The van der Waals surface area contributed by atoms with Gasteiger partial charge in [0.25, 0.3) is 0 Å². The minimum absolute atomic E-state index is 0.442. The van der Waals surface area contributed by atoms with E-state index in [4.69, 9.17) is 17.3 Å². The first-order chi connectivity index (χ1) is 8.40. The van der Waals surface area contributed by atoms with Crippen molar-refractivity contribution in [3.8, 4) is 0 Å². The number of halogens is 1. The lowest BCUT2D eigenvalue weighted by molar-refractivity contribution is 0.100. The first-order valence-corrected chi connectivity index (χ1v) is 6.59. The van der Waals surface area contributed by atoms with Crippen molar-refractivity contribution in [2.45, 2.75) is 39.8 Å². The van der Waals surface area contributed by atoms with Gasteiger partial charge in [-0.25, -0.2) is 0 Å². The van der Waals surface area contributed by atoms with Crippen LogP contribution in [0.25, 0.3) is 0 Å². The van der Waals surface area contributed by atoms with E-state index in [1.165, 1.54) is 0 Å². The summed E-state index contributed by atoms with van der Waals surface area (Å²) >= 11 is 6.11. The molecule has 1 unspecified atom stereocenters. The number of carbonyl (C=O) groups is 1. The molecule has 1 amide bonds. The number of carbonyl (C=O) groups excluding carboxylic acids is 1. The van der Waals surface area contributed by atoms with Crippen molar-refractivity contribution in [2.24, 2.45) is 11.7 Å². The molecule has 4 heteroatoms. The summed E-state index contributed by atoms with van der Waals surface area (Å²) < 4.78 is 0. The summed E-state index contributed by atoms with van der Waals surface area (Å²) in [6, 6.07) is 5.61. The molecule has 0 radical (unpaired) electrons. The summed E-state index contributed by atoms with van der Waals surface area (Å²) in [6.45, 7) is 7.26. The van der Waals surface area contributed by atoms with E-state index >= 15 is 0 Å².